The molecule has 0 N–H and O–H groups in total. The van der Waals surface area contributed by atoms with Crippen LogP contribution in [0, 0.1) is 0 Å². The molecule has 10 heteroatoms. The Labute approximate surface area is 162 Å². The van der Waals surface area contributed by atoms with Crippen LogP contribution in [-0.2, 0) is 19.8 Å². The van der Waals surface area contributed by atoms with Crippen molar-refractivity contribution in [1.29, 1.82) is 0 Å². The second-order valence-electron chi connectivity index (χ2n) is 6.70. The molecule has 0 fully saturated rings. The van der Waals surface area contributed by atoms with Crippen molar-refractivity contribution in [2.24, 2.45) is 7.05 Å². The Kier molecular flexibility index (Phi) is 5.04. The van der Waals surface area contributed by atoms with Gasteiger partial charge in [-0.25, -0.2) is 9.78 Å². The summed E-state index contributed by atoms with van der Waals surface area (Å²) in [5.41, 5.74) is -2.19. The minimum Gasteiger partial charge on any atom is -0.345 e. The Morgan fingerprint density at radius 3 is 2.45 bits per heavy atom. The summed E-state index contributed by atoms with van der Waals surface area (Å²) in [6, 6.07) is 8.15. The van der Waals surface area contributed by atoms with Crippen molar-refractivity contribution in [3.63, 3.8) is 0 Å². The highest BCUT2D eigenvalue weighted by Crippen LogP contribution is 2.28. The van der Waals surface area contributed by atoms with E-state index in [-0.39, 0.29) is 23.5 Å². The summed E-state index contributed by atoms with van der Waals surface area (Å²) < 4.78 is 40.5. The van der Waals surface area contributed by atoms with Gasteiger partial charge in [0.05, 0.1) is 11.9 Å². The number of benzene rings is 1. The van der Waals surface area contributed by atoms with Crippen LogP contribution in [-0.4, -0.2) is 39.0 Å². The number of fused-ring (bicyclic) bond motifs is 1. The van der Waals surface area contributed by atoms with E-state index >= 15 is 0 Å². The predicted octanol–water partition coefficient (Wildman–Crippen LogP) is 1.86. The Morgan fingerprint density at radius 1 is 1.14 bits per heavy atom. The summed E-state index contributed by atoms with van der Waals surface area (Å²) in [6.45, 7) is -0.142. The Balaban J connectivity index is 2.12. The van der Waals surface area contributed by atoms with Gasteiger partial charge in [-0.2, -0.15) is 13.2 Å². The molecule has 0 aliphatic carbocycles. The number of nitrogens with zero attached hydrogens (tertiary/aromatic N) is 4. The molecule has 0 atom stereocenters. The Morgan fingerprint density at radius 2 is 1.83 bits per heavy atom. The number of rotatable bonds is 3. The molecular weight excluding hydrogens is 389 g/mol. The summed E-state index contributed by atoms with van der Waals surface area (Å²) in [5.74, 6) is -0.241. The summed E-state index contributed by atoms with van der Waals surface area (Å²) >= 11 is 0. The summed E-state index contributed by atoms with van der Waals surface area (Å²) in [6.07, 6.45) is -4.70. The van der Waals surface area contributed by atoms with Crippen LogP contribution in [0.4, 0.5) is 13.2 Å². The summed E-state index contributed by atoms with van der Waals surface area (Å²) in [7, 11) is 4.45. The zero-order valence-corrected chi connectivity index (χ0v) is 15.8. The fourth-order valence-electron chi connectivity index (χ4n) is 2.92. The Bertz CT molecular complexity index is 1230. The number of pyridine rings is 1. The number of carbonyl (C=O) groups is 1. The number of halogens is 3. The SMILES string of the molecule is CN(C)C(=O)c1cccc(Cn2c(=O)c3ccc(C(F)(F)F)nc3n(C)c2=O)c1. The van der Waals surface area contributed by atoms with Crippen molar-refractivity contribution in [3.05, 3.63) is 74.1 Å². The van der Waals surface area contributed by atoms with E-state index in [0.29, 0.717) is 17.2 Å². The quantitative estimate of drug-likeness (QED) is 0.665. The lowest BCUT2D eigenvalue weighted by molar-refractivity contribution is -0.141. The van der Waals surface area contributed by atoms with E-state index < -0.39 is 23.1 Å². The molecule has 1 aromatic carbocycles. The van der Waals surface area contributed by atoms with Crippen molar-refractivity contribution in [2.75, 3.05) is 14.1 Å². The molecule has 0 saturated carbocycles. The van der Waals surface area contributed by atoms with Gasteiger partial charge in [0.2, 0.25) is 0 Å². The van der Waals surface area contributed by atoms with Crippen LogP contribution in [0.25, 0.3) is 11.0 Å². The van der Waals surface area contributed by atoms with Crippen molar-refractivity contribution in [1.82, 2.24) is 19.0 Å². The smallest absolute Gasteiger partial charge is 0.345 e. The molecule has 2 heterocycles. The maximum Gasteiger partial charge on any atom is 0.433 e. The third-order valence-corrected chi connectivity index (χ3v) is 4.40. The second kappa shape index (κ2) is 7.19. The normalized spacial score (nSPS) is 11.7. The van der Waals surface area contributed by atoms with Crippen LogP contribution >= 0.6 is 0 Å². The fraction of sp³-hybridized carbons (Fsp3) is 0.263. The van der Waals surface area contributed by atoms with Gasteiger partial charge in [-0.1, -0.05) is 12.1 Å². The third-order valence-electron chi connectivity index (χ3n) is 4.40. The molecule has 2 aromatic heterocycles. The molecular formula is C19H17F3N4O3. The average Bonchev–Trinajstić information content (AvgIpc) is 2.68. The van der Waals surface area contributed by atoms with Crippen molar-refractivity contribution in [3.8, 4) is 0 Å². The number of alkyl halides is 3. The van der Waals surface area contributed by atoms with E-state index in [0.717, 1.165) is 15.2 Å². The number of amides is 1. The minimum atomic E-state index is -4.70. The molecule has 3 rings (SSSR count). The standard InChI is InChI=1S/C19H17F3N4O3/c1-24(2)16(27)12-6-4-5-11(9-12)10-26-17(28)13-7-8-14(19(20,21)22)23-15(13)25(3)18(26)29/h4-9H,10H2,1-3H3. The predicted molar refractivity (Wildman–Crippen MR) is 99.8 cm³/mol. The molecule has 0 saturated heterocycles. The van der Waals surface area contributed by atoms with Gasteiger partial charge >= 0.3 is 11.9 Å². The molecule has 3 aromatic rings. The van der Waals surface area contributed by atoms with Gasteiger partial charge in [-0.3, -0.25) is 18.7 Å². The van der Waals surface area contributed by atoms with E-state index in [1.165, 1.54) is 11.9 Å². The molecule has 0 aliphatic rings. The minimum absolute atomic E-state index is 0.111. The van der Waals surface area contributed by atoms with Crippen LogP contribution in [0.5, 0.6) is 0 Å². The van der Waals surface area contributed by atoms with Gasteiger partial charge in [-0.15, -0.1) is 0 Å². The maximum absolute atomic E-state index is 12.9. The third kappa shape index (κ3) is 3.78. The molecule has 152 valence electrons. The average molecular weight is 406 g/mol. The first kappa shape index (κ1) is 20.3. The molecule has 0 unspecified atom stereocenters. The topological polar surface area (TPSA) is 77.2 Å². The Hall–Kier alpha value is -3.43. The van der Waals surface area contributed by atoms with Crippen molar-refractivity contribution >= 4 is 16.9 Å². The van der Waals surface area contributed by atoms with Crippen LogP contribution in [0.3, 0.4) is 0 Å². The maximum atomic E-state index is 12.9. The number of aromatic nitrogens is 3. The van der Waals surface area contributed by atoms with E-state index in [9.17, 15) is 27.6 Å². The van der Waals surface area contributed by atoms with Gasteiger partial charge in [0.25, 0.3) is 11.5 Å². The first-order valence-corrected chi connectivity index (χ1v) is 8.49. The van der Waals surface area contributed by atoms with E-state index in [4.69, 9.17) is 0 Å². The molecule has 0 aliphatic heterocycles. The van der Waals surface area contributed by atoms with E-state index in [1.807, 2.05) is 0 Å². The van der Waals surface area contributed by atoms with E-state index in [1.54, 1.807) is 38.4 Å². The summed E-state index contributed by atoms with van der Waals surface area (Å²) in [4.78, 5) is 42.3. The van der Waals surface area contributed by atoms with Gasteiger partial charge in [-0.05, 0) is 29.8 Å². The monoisotopic (exact) mass is 406 g/mol. The lowest BCUT2D eigenvalue weighted by Crippen LogP contribution is -2.39. The second-order valence-corrected chi connectivity index (χ2v) is 6.70. The van der Waals surface area contributed by atoms with Crippen molar-refractivity contribution in [2.45, 2.75) is 12.7 Å². The van der Waals surface area contributed by atoms with Gasteiger partial charge < -0.3 is 4.90 Å². The number of hydrogen-bond acceptors (Lipinski definition) is 4. The van der Waals surface area contributed by atoms with Crippen LogP contribution in [0.1, 0.15) is 21.6 Å². The number of carbonyl (C=O) groups excluding carboxylic acids is 1. The highest BCUT2D eigenvalue weighted by atomic mass is 19.4. The highest BCUT2D eigenvalue weighted by molar-refractivity contribution is 5.94. The molecule has 7 nitrogen and oxygen atoms in total. The lowest BCUT2D eigenvalue weighted by atomic mass is 10.1. The van der Waals surface area contributed by atoms with Crippen molar-refractivity contribution < 1.29 is 18.0 Å². The molecule has 1 amide bonds. The van der Waals surface area contributed by atoms with Crippen LogP contribution in [0.2, 0.25) is 0 Å². The van der Waals surface area contributed by atoms with E-state index in [2.05, 4.69) is 4.98 Å². The largest absolute Gasteiger partial charge is 0.433 e. The van der Waals surface area contributed by atoms with Gasteiger partial charge in [0.1, 0.15) is 11.3 Å². The zero-order chi connectivity index (χ0) is 21.5. The van der Waals surface area contributed by atoms with Gasteiger partial charge in [0, 0.05) is 26.7 Å². The highest BCUT2D eigenvalue weighted by Gasteiger charge is 2.33. The van der Waals surface area contributed by atoms with Crippen LogP contribution < -0.4 is 11.2 Å². The first-order chi connectivity index (χ1) is 13.5. The molecule has 0 radical (unpaired) electrons. The molecule has 0 bridgehead atoms. The van der Waals surface area contributed by atoms with Crippen LogP contribution in [0.15, 0.2) is 46.0 Å². The fourth-order valence-corrected chi connectivity index (χ4v) is 2.92. The zero-order valence-electron chi connectivity index (χ0n) is 15.8. The van der Waals surface area contributed by atoms with Gasteiger partial charge in [0.15, 0.2) is 0 Å². The number of aryl methyl sites for hydroxylation is 1. The summed E-state index contributed by atoms with van der Waals surface area (Å²) in [5, 5.41) is -0.111. The first-order valence-electron chi connectivity index (χ1n) is 8.49. The molecule has 29 heavy (non-hydrogen) atoms. The molecule has 0 spiro atoms. The lowest BCUT2D eigenvalue weighted by Gasteiger charge is -2.13. The number of hydrogen-bond donors (Lipinski definition) is 0.